The minimum Gasteiger partial charge on any atom is -0.477 e. The SMILES string of the molecule is O=C(O)c1cccc(-c2ccc3cccc(CNc4nc5ccccc5s4)c3c2)n1. The van der Waals surface area contributed by atoms with Gasteiger partial charge in [-0.05, 0) is 46.7 Å². The average molecular weight is 411 g/mol. The van der Waals surface area contributed by atoms with E-state index < -0.39 is 5.97 Å². The summed E-state index contributed by atoms with van der Waals surface area (Å²) in [6, 6.07) is 25.4. The molecule has 5 rings (SSSR count). The van der Waals surface area contributed by atoms with Crippen LogP contribution in [0.15, 0.2) is 78.9 Å². The molecule has 0 atom stereocenters. The molecule has 5 nitrogen and oxygen atoms in total. The van der Waals surface area contributed by atoms with E-state index in [1.54, 1.807) is 17.4 Å². The fraction of sp³-hybridized carbons (Fsp3) is 0.0417. The molecule has 6 heteroatoms. The van der Waals surface area contributed by atoms with Gasteiger partial charge in [-0.25, -0.2) is 14.8 Å². The maximum absolute atomic E-state index is 11.3. The van der Waals surface area contributed by atoms with Crippen molar-refractivity contribution >= 4 is 43.4 Å². The first kappa shape index (κ1) is 18.3. The van der Waals surface area contributed by atoms with Gasteiger partial charge in [0.1, 0.15) is 5.69 Å². The Morgan fingerprint density at radius 3 is 2.67 bits per heavy atom. The largest absolute Gasteiger partial charge is 0.477 e. The number of carboxylic acid groups (broad SMARTS) is 1. The molecule has 0 aliphatic heterocycles. The number of nitrogens with one attached hydrogen (secondary N) is 1. The second-order valence-electron chi connectivity index (χ2n) is 6.91. The summed E-state index contributed by atoms with van der Waals surface area (Å²) in [6.07, 6.45) is 0. The fourth-order valence-corrected chi connectivity index (χ4v) is 4.35. The van der Waals surface area contributed by atoms with Crippen molar-refractivity contribution in [2.45, 2.75) is 6.54 Å². The zero-order valence-corrected chi connectivity index (χ0v) is 16.7. The Labute approximate surface area is 176 Å². The number of nitrogens with zero attached hydrogens (tertiary/aromatic N) is 2. The lowest BCUT2D eigenvalue weighted by Crippen LogP contribution is -2.01. The Bertz CT molecular complexity index is 1360. The molecule has 146 valence electrons. The van der Waals surface area contributed by atoms with Crippen LogP contribution in [0.5, 0.6) is 0 Å². The highest BCUT2D eigenvalue weighted by Gasteiger charge is 2.09. The molecule has 0 unspecified atom stereocenters. The third kappa shape index (κ3) is 3.49. The molecular formula is C24H17N3O2S. The van der Waals surface area contributed by atoms with Gasteiger partial charge in [0.2, 0.25) is 0 Å². The van der Waals surface area contributed by atoms with Crippen molar-refractivity contribution in [1.82, 2.24) is 9.97 Å². The number of rotatable bonds is 5. The van der Waals surface area contributed by atoms with E-state index >= 15 is 0 Å². The van der Waals surface area contributed by atoms with Crippen molar-refractivity contribution in [3.63, 3.8) is 0 Å². The van der Waals surface area contributed by atoms with Crippen molar-refractivity contribution < 1.29 is 9.90 Å². The van der Waals surface area contributed by atoms with Gasteiger partial charge in [-0.3, -0.25) is 0 Å². The van der Waals surface area contributed by atoms with Crippen molar-refractivity contribution in [3.05, 3.63) is 90.1 Å². The van der Waals surface area contributed by atoms with E-state index in [1.165, 1.54) is 6.07 Å². The lowest BCUT2D eigenvalue weighted by Gasteiger charge is -2.10. The number of pyridine rings is 1. The van der Waals surface area contributed by atoms with Gasteiger partial charge < -0.3 is 10.4 Å². The molecule has 0 amide bonds. The molecule has 0 saturated heterocycles. The maximum atomic E-state index is 11.3. The molecule has 0 fully saturated rings. The molecule has 0 saturated carbocycles. The van der Waals surface area contributed by atoms with Crippen LogP contribution < -0.4 is 5.32 Å². The van der Waals surface area contributed by atoms with Crippen LogP contribution in [0.4, 0.5) is 5.13 Å². The summed E-state index contributed by atoms with van der Waals surface area (Å²) in [4.78, 5) is 20.2. The van der Waals surface area contributed by atoms with Crippen LogP contribution in [-0.4, -0.2) is 21.0 Å². The lowest BCUT2D eigenvalue weighted by molar-refractivity contribution is 0.0690. The smallest absolute Gasteiger partial charge is 0.354 e. The van der Waals surface area contributed by atoms with Gasteiger partial charge in [0.05, 0.1) is 15.9 Å². The van der Waals surface area contributed by atoms with Crippen LogP contribution in [0, 0.1) is 0 Å². The number of carbonyl (C=O) groups is 1. The lowest BCUT2D eigenvalue weighted by atomic mass is 10.00. The summed E-state index contributed by atoms with van der Waals surface area (Å²) in [5.41, 5.74) is 3.71. The average Bonchev–Trinajstić information content (AvgIpc) is 3.20. The summed E-state index contributed by atoms with van der Waals surface area (Å²) in [5, 5.41) is 15.8. The van der Waals surface area contributed by atoms with E-state index in [0.29, 0.717) is 12.2 Å². The standard InChI is InChI=1S/C24H17N3O2S/c28-23(29)21-9-4-8-19(26-21)16-12-11-15-5-3-6-17(18(15)13-16)14-25-24-27-20-7-1-2-10-22(20)30-24/h1-13H,14H2,(H,25,27)(H,28,29). The Balaban J connectivity index is 1.48. The fourth-order valence-electron chi connectivity index (χ4n) is 3.48. The zero-order chi connectivity index (χ0) is 20.5. The third-order valence-corrected chi connectivity index (χ3v) is 5.95. The van der Waals surface area contributed by atoms with E-state index in [1.807, 2.05) is 42.5 Å². The highest BCUT2D eigenvalue weighted by atomic mass is 32.1. The summed E-state index contributed by atoms with van der Waals surface area (Å²) in [5.74, 6) is -1.03. The maximum Gasteiger partial charge on any atom is 0.354 e. The predicted octanol–water partition coefficient (Wildman–Crippen LogP) is 5.82. The summed E-state index contributed by atoms with van der Waals surface area (Å²) in [7, 11) is 0. The molecule has 5 aromatic rings. The number of thiazole rings is 1. The normalized spacial score (nSPS) is 11.1. The van der Waals surface area contributed by atoms with E-state index in [9.17, 15) is 9.90 Å². The highest BCUT2D eigenvalue weighted by Crippen LogP contribution is 2.29. The number of benzene rings is 3. The van der Waals surface area contributed by atoms with E-state index in [-0.39, 0.29) is 5.69 Å². The molecule has 2 N–H and O–H groups in total. The number of hydrogen-bond acceptors (Lipinski definition) is 5. The first-order valence-corrected chi connectivity index (χ1v) is 10.3. The second kappa shape index (κ2) is 7.57. The highest BCUT2D eigenvalue weighted by molar-refractivity contribution is 7.22. The number of aromatic nitrogens is 2. The minimum atomic E-state index is -1.03. The topological polar surface area (TPSA) is 75.1 Å². The molecule has 2 heterocycles. The summed E-state index contributed by atoms with van der Waals surface area (Å²) in [6.45, 7) is 0.642. The van der Waals surface area contributed by atoms with E-state index in [2.05, 4.69) is 39.6 Å². The van der Waals surface area contributed by atoms with Gasteiger partial charge in [0.25, 0.3) is 0 Å². The van der Waals surface area contributed by atoms with Crippen molar-refractivity contribution in [2.75, 3.05) is 5.32 Å². The van der Waals surface area contributed by atoms with Crippen LogP contribution >= 0.6 is 11.3 Å². The van der Waals surface area contributed by atoms with Crippen LogP contribution in [-0.2, 0) is 6.54 Å². The Morgan fingerprint density at radius 2 is 1.80 bits per heavy atom. The summed E-state index contributed by atoms with van der Waals surface area (Å²) < 4.78 is 1.16. The van der Waals surface area contributed by atoms with Gasteiger partial charge in [-0.2, -0.15) is 0 Å². The van der Waals surface area contributed by atoms with Crippen molar-refractivity contribution in [3.8, 4) is 11.3 Å². The molecule has 0 aliphatic carbocycles. The third-order valence-electron chi connectivity index (χ3n) is 4.96. The Morgan fingerprint density at radius 1 is 0.933 bits per heavy atom. The second-order valence-corrected chi connectivity index (χ2v) is 7.94. The number of hydrogen-bond donors (Lipinski definition) is 2. The molecule has 0 radical (unpaired) electrons. The Kier molecular flexibility index (Phi) is 4.61. The van der Waals surface area contributed by atoms with Crippen LogP contribution in [0.1, 0.15) is 16.1 Å². The number of fused-ring (bicyclic) bond motifs is 2. The molecule has 30 heavy (non-hydrogen) atoms. The first-order chi connectivity index (χ1) is 14.7. The molecular weight excluding hydrogens is 394 g/mol. The zero-order valence-electron chi connectivity index (χ0n) is 15.9. The van der Waals surface area contributed by atoms with Gasteiger partial charge in [0, 0.05) is 12.1 Å². The number of para-hydroxylation sites is 1. The number of anilines is 1. The molecule has 0 spiro atoms. The monoisotopic (exact) mass is 411 g/mol. The number of aromatic carboxylic acids is 1. The van der Waals surface area contributed by atoms with Crippen molar-refractivity contribution in [1.29, 1.82) is 0 Å². The molecule has 2 aromatic heterocycles. The van der Waals surface area contributed by atoms with E-state index in [4.69, 9.17) is 0 Å². The Hall–Kier alpha value is -3.77. The minimum absolute atomic E-state index is 0.0402. The van der Waals surface area contributed by atoms with Gasteiger partial charge in [-0.15, -0.1) is 0 Å². The van der Waals surface area contributed by atoms with Crippen molar-refractivity contribution in [2.24, 2.45) is 0 Å². The van der Waals surface area contributed by atoms with Crippen LogP contribution in [0.2, 0.25) is 0 Å². The van der Waals surface area contributed by atoms with Gasteiger partial charge >= 0.3 is 5.97 Å². The summed E-state index contributed by atoms with van der Waals surface area (Å²) >= 11 is 1.64. The van der Waals surface area contributed by atoms with Crippen LogP contribution in [0.25, 0.3) is 32.2 Å². The van der Waals surface area contributed by atoms with E-state index in [0.717, 1.165) is 37.2 Å². The quantitative estimate of drug-likeness (QED) is 0.381. The first-order valence-electron chi connectivity index (χ1n) is 9.49. The van der Waals surface area contributed by atoms with Crippen LogP contribution in [0.3, 0.4) is 0 Å². The van der Waals surface area contributed by atoms with Gasteiger partial charge in [-0.1, -0.05) is 59.9 Å². The molecule has 0 bridgehead atoms. The van der Waals surface area contributed by atoms with Gasteiger partial charge in [0.15, 0.2) is 5.13 Å². The number of carboxylic acids is 1. The predicted molar refractivity (Wildman–Crippen MR) is 121 cm³/mol. The molecule has 0 aliphatic rings. The molecule has 3 aromatic carbocycles.